The van der Waals surface area contributed by atoms with Crippen molar-refractivity contribution in [3.05, 3.63) is 11.6 Å². The van der Waals surface area contributed by atoms with Crippen molar-refractivity contribution in [3.63, 3.8) is 0 Å². The fourth-order valence-corrected chi connectivity index (χ4v) is 19.2. The SMILES string of the molecule is CC(=O)O[C@@H]1[C@@H](O[C@H]2O[C@H](CO)[C@@H](O)[C@@H]2O)[C@H](O[C@@H]2O[C@@H](C)[C@H](O[C@@H]3OC[C@@H](O)[C@H](O)[C@H]3O)[C@@H](O)[C@H]2O)[C@H](OC(=O)[C@]23CCC(C)(C)C[C@H]2C2=CC[C@@H]4[C@@]5(C)CC[C@H](O[C@@H]6O[C@H](C(=O)O)[C@@H](O)[C@H](O)[C@H]6O[C@@H]6O[C@H](CO)[C@H](O)[C@H](O)[C@H]6O)[C@@](C)(C=O)[C@H]5CC[C@@]4(C)[C@]2(C)C[C@H]3O)O[C@@H]1C. The lowest BCUT2D eigenvalue weighted by molar-refractivity contribution is -0.382. The molecule has 6 saturated heterocycles. The lowest BCUT2D eigenvalue weighted by Gasteiger charge is -2.71. The summed E-state index contributed by atoms with van der Waals surface area (Å²) in [5.41, 5.74) is -4.77. The van der Waals surface area contributed by atoms with Crippen LogP contribution in [0.3, 0.4) is 0 Å². The number of esters is 2. The van der Waals surface area contributed by atoms with Crippen LogP contribution in [0.4, 0.5) is 0 Å². The van der Waals surface area contributed by atoms with Gasteiger partial charge in [-0.1, -0.05) is 53.2 Å². The number of aliphatic hydroxyl groups is 15. The van der Waals surface area contributed by atoms with Crippen molar-refractivity contribution in [2.45, 2.75) is 304 Å². The van der Waals surface area contributed by atoms with E-state index in [0.717, 1.165) is 18.8 Å². The van der Waals surface area contributed by atoms with E-state index in [1.54, 1.807) is 6.92 Å². The van der Waals surface area contributed by atoms with E-state index in [0.29, 0.717) is 38.5 Å². The van der Waals surface area contributed by atoms with Crippen LogP contribution < -0.4 is 0 Å². The Morgan fingerprint density at radius 3 is 1.73 bits per heavy atom. The molecule has 10 fully saturated rings. The maximum absolute atomic E-state index is 16.1. The van der Waals surface area contributed by atoms with Crippen LogP contribution in [0.15, 0.2) is 11.6 Å². The third kappa shape index (κ3) is 13.1. The van der Waals surface area contributed by atoms with Crippen LogP contribution in [0.5, 0.6) is 0 Å². The molecule has 5 aliphatic carbocycles. The lowest BCUT2D eigenvalue weighted by atomic mass is 9.33. The zero-order valence-corrected chi connectivity index (χ0v) is 56.8. The Morgan fingerprint density at radius 2 is 1.10 bits per heavy atom. The van der Waals surface area contributed by atoms with Crippen LogP contribution in [0.25, 0.3) is 0 Å². The van der Waals surface area contributed by atoms with Gasteiger partial charge in [0.2, 0.25) is 6.29 Å². The van der Waals surface area contributed by atoms with Crippen molar-refractivity contribution >= 4 is 24.2 Å². The first kappa shape index (κ1) is 76.9. The zero-order valence-electron chi connectivity index (χ0n) is 56.8. The summed E-state index contributed by atoms with van der Waals surface area (Å²) in [6.07, 6.45) is -46.1. The zero-order chi connectivity index (χ0) is 72.5. The number of ether oxygens (including phenoxy) is 13. The second-order valence-electron chi connectivity index (χ2n) is 31.3. The summed E-state index contributed by atoms with van der Waals surface area (Å²) in [6.45, 7) is 14.1. The molecule has 0 radical (unpaired) electrons. The highest BCUT2D eigenvalue weighted by Crippen LogP contribution is 2.76. The molecule has 16 N–H and O–H groups in total. The standard InChI is InChI=1S/C66H102O33/c1-24-47(94-54-43(80)36(73)29(71)22-87-54)42(79)46(83)55(88-24)98-52-51(97-56-44(81)38(75)31(21-68)92-56)48(90-26(3)70)25(2)89-59(52)99-60(86)66-17-16-61(4,5)18-28(66)27-10-11-33-62(6)14-13-35(63(7,23-69)32(62)12-15-64(33,8)65(27,9)19-34(66)72)93-58-50(41(78)40(77)49(95-58)53(84)85)96-57-45(82)39(76)37(74)30(20-67)91-57/h10,23-25,28-52,54-59,67-68,71-83H,11-22H2,1-9H3,(H,84,85)/t24-,25+,28-,29+,30+,31+,32-,33+,34+,35-,36-,37-,38+,39-,40-,41-,42-,43+,44-,45+,46+,47-,48-,49-,50+,51+,52-,54-,55-,56+,57-,58+,59-,62-,63-,64+,65+,66+/m0/s1. The minimum Gasteiger partial charge on any atom is -0.479 e. The van der Waals surface area contributed by atoms with Crippen molar-refractivity contribution in [1.82, 2.24) is 0 Å². The van der Waals surface area contributed by atoms with E-state index < -0.39 is 266 Å². The summed E-state index contributed by atoms with van der Waals surface area (Å²) in [4.78, 5) is 55.6. The molecule has 4 saturated carbocycles. The minimum absolute atomic E-state index is 0.0278. The Hall–Kier alpha value is -3.22. The molecule has 33 heteroatoms. The van der Waals surface area contributed by atoms with Gasteiger partial charge in [-0.2, -0.15) is 0 Å². The van der Waals surface area contributed by atoms with Gasteiger partial charge in [0.05, 0.1) is 49.7 Å². The van der Waals surface area contributed by atoms with E-state index in [2.05, 4.69) is 40.7 Å². The van der Waals surface area contributed by atoms with Crippen molar-refractivity contribution < 1.29 is 162 Å². The van der Waals surface area contributed by atoms with Gasteiger partial charge in [0.25, 0.3) is 0 Å². The first-order valence-electron chi connectivity index (χ1n) is 34.4. The molecule has 6 aliphatic heterocycles. The molecule has 0 aromatic carbocycles. The van der Waals surface area contributed by atoms with Crippen LogP contribution in [-0.4, -0.2) is 310 Å². The number of fused-ring (bicyclic) bond motifs is 7. The van der Waals surface area contributed by atoms with Gasteiger partial charge in [-0.3, -0.25) is 9.59 Å². The highest BCUT2D eigenvalue weighted by Gasteiger charge is 2.73. The summed E-state index contributed by atoms with van der Waals surface area (Å²) in [5, 5.41) is 175. The van der Waals surface area contributed by atoms with E-state index in [1.165, 1.54) is 13.8 Å². The fraction of sp³-hybridized carbons (Fsp3) is 0.909. The topological polar surface area (TPSA) is 512 Å². The molecule has 0 spiro atoms. The summed E-state index contributed by atoms with van der Waals surface area (Å²) in [6, 6.07) is 0. The van der Waals surface area contributed by atoms with Crippen LogP contribution in [0.2, 0.25) is 0 Å². The van der Waals surface area contributed by atoms with Gasteiger partial charge in [0, 0.05) is 6.92 Å². The molecule has 564 valence electrons. The Labute approximate surface area is 571 Å². The van der Waals surface area contributed by atoms with Crippen LogP contribution >= 0.6 is 0 Å². The van der Waals surface area contributed by atoms with E-state index in [-0.39, 0.29) is 25.2 Å². The van der Waals surface area contributed by atoms with Gasteiger partial charge < -0.3 is 148 Å². The molecule has 0 aromatic heterocycles. The number of hydrogen-bond donors (Lipinski definition) is 16. The number of carbonyl (C=O) groups excluding carboxylic acids is 3. The maximum Gasteiger partial charge on any atom is 0.335 e. The summed E-state index contributed by atoms with van der Waals surface area (Å²) in [5.74, 6) is -4.84. The average Bonchev–Trinajstić information content (AvgIpc) is 0.918. The number of aliphatic hydroxyl groups excluding tert-OH is 15. The first-order valence-corrected chi connectivity index (χ1v) is 34.4. The predicted octanol–water partition coefficient (Wildman–Crippen LogP) is -4.24. The lowest BCUT2D eigenvalue weighted by Crippen LogP contribution is -2.69. The number of hydrogen-bond acceptors (Lipinski definition) is 32. The first-order chi connectivity index (χ1) is 46.4. The molecular formula is C66H102O33. The number of allylic oxidation sites excluding steroid dienone is 2. The Bertz CT molecular complexity index is 2920. The number of carboxylic acid groups (broad SMARTS) is 1. The Morgan fingerprint density at radius 1 is 0.545 bits per heavy atom. The monoisotopic (exact) mass is 1420 g/mol. The smallest absolute Gasteiger partial charge is 0.335 e. The molecule has 6 heterocycles. The number of carbonyl (C=O) groups is 4. The van der Waals surface area contributed by atoms with Crippen LogP contribution in [0.1, 0.15) is 120 Å². The summed E-state index contributed by atoms with van der Waals surface area (Å²) >= 11 is 0. The van der Waals surface area contributed by atoms with Crippen molar-refractivity contribution in [2.75, 3.05) is 19.8 Å². The molecule has 0 aromatic rings. The largest absolute Gasteiger partial charge is 0.479 e. The number of rotatable bonds is 17. The Kier molecular flexibility index (Phi) is 22.2. The van der Waals surface area contributed by atoms with Crippen molar-refractivity contribution in [3.8, 4) is 0 Å². The molecule has 0 unspecified atom stereocenters. The predicted molar refractivity (Wildman–Crippen MR) is 325 cm³/mol. The summed E-state index contributed by atoms with van der Waals surface area (Å²) < 4.78 is 78.8. The normalized spacial score (nSPS) is 53.5. The third-order valence-corrected chi connectivity index (χ3v) is 25.1. The van der Waals surface area contributed by atoms with E-state index in [1.807, 2.05) is 0 Å². The highest BCUT2D eigenvalue weighted by molar-refractivity contribution is 5.80. The molecule has 0 bridgehead atoms. The molecule has 99 heavy (non-hydrogen) atoms. The quantitative estimate of drug-likeness (QED) is 0.0284. The molecule has 38 atom stereocenters. The molecule has 33 nitrogen and oxygen atoms in total. The molecule has 11 rings (SSSR count). The van der Waals surface area contributed by atoms with Gasteiger partial charge in [-0.25, -0.2) is 4.79 Å². The maximum atomic E-state index is 16.1. The third-order valence-electron chi connectivity index (χ3n) is 25.1. The van der Waals surface area contributed by atoms with E-state index >= 15 is 4.79 Å². The minimum atomic E-state index is -2.13. The van der Waals surface area contributed by atoms with Crippen LogP contribution in [-0.2, 0) is 80.8 Å². The number of aldehydes is 1. The summed E-state index contributed by atoms with van der Waals surface area (Å²) in [7, 11) is 0. The van der Waals surface area contributed by atoms with E-state index in [9.17, 15) is 96.1 Å². The second kappa shape index (κ2) is 28.6. The van der Waals surface area contributed by atoms with Gasteiger partial charge in [0.1, 0.15) is 115 Å². The van der Waals surface area contributed by atoms with Gasteiger partial charge >= 0.3 is 17.9 Å². The van der Waals surface area contributed by atoms with Gasteiger partial charge in [0.15, 0.2) is 49.8 Å². The number of carboxylic acids is 1. The van der Waals surface area contributed by atoms with Crippen LogP contribution in [0, 0.1) is 50.2 Å². The molecular weight excluding hydrogens is 1320 g/mol. The van der Waals surface area contributed by atoms with Crippen molar-refractivity contribution in [2.24, 2.45) is 50.2 Å². The number of aliphatic carboxylic acids is 1. The van der Waals surface area contributed by atoms with Gasteiger partial charge in [-0.05, 0) is 111 Å². The molecule has 0 amide bonds. The van der Waals surface area contributed by atoms with E-state index in [4.69, 9.17) is 61.6 Å². The fourth-order valence-electron chi connectivity index (χ4n) is 19.2. The second-order valence-corrected chi connectivity index (χ2v) is 31.3. The Balaban J connectivity index is 0.890. The molecule has 11 aliphatic rings. The van der Waals surface area contributed by atoms with Crippen molar-refractivity contribution in [1.29, 1.82) is 0 Å². The van der Waals surface area contributed by atoms with Gasteiger partial charge in [-0.15, -0.1) is 0 Å². The average molecular weight is 1420 g/mol. The highest BCUT2D eigenvalue weighted by atomic mass is 16.8.